The van der Waals surface area contributed by atoms with E-state index >= 15 is 0 Å². The molecular formula is C15H12N2O2. The van der Waals surface area contributed by atoms with Crippen molar-refractivity contribution in [3.8, 4) is 22.8 Å². The molecule has 4 nitrogen and oxygen atoms in total. The van der Waals surface area contributed by atoms with E-state index in [1.165, 1.54) is 6.07 Å². The second kappa shape index (κ2) is 4.57. The summed E-state index contributed by atoms with van der Waals surface area (Å²) in [6, 6.07) is 12.9. The van der Waals surface area contributed by atoms with Crippen molar-refractivity contribution in [2.24, 2.45) is 0 Å². The van der Waals surface area contributed by atoms with E-state index in [1.54, 1.807) is 6.26 Å². The molecule has 1 aromatic carbocycles. The highest BCUT2D eigenvalue weighted by Crippen LogP contribution is 2.22. The quantitative estimate of drug-likeness (QED) is 0.762. The average Bonchev–Trinajstić information content (AvgIpc) is 2.85. The number of hydrogen-bond acceptors (Lipinski definition) is 3. The molecule has 2 heterocycles. The van der Waals surface area contributed by atoms with E-state index in [-0.39, 0.29) is 5.56 Å². The maximum atomic E-state index is 11.8. The first-order valence-corrected chi connectivity index (χ1v) is 5.95. The largest absolute Gasteiger partial charge is 0.461 e. The molecule has 0 aliphatic carbocycles. The van der Waals surface area contributed by atoms with Gasteiger partial charge in [0.1, 0.15) is 0 Å². The molecule has 0 aliphatic heterocycles. The lowest BCUT2D eigenvalue weighted by atomic mass is 10.1. The van der Waals surface area contributed by atoms with Gasteiger partial charge in [0.25, 0.3) is 5.56 Å². The first kappa shape index (κ1) is 11.5. The van der Waals surface area contributed by atoms with Gasteiger partial charge >= 0.3 is 0 Å². The van der Waals surface area contributed by atoms with E-state index in [0.717, 1.165) is 11.1 Å². The molecule has 19 heavy (non-hydrogen) atoms. The molecule has 2 aromatic heterocycles. The van der Waals surface area contributed by atoms with Crippen LogP contribution in [0.25, 0.3) is 22.8 Å². The topological polar surface area (TPSA) is 58.9 Å². The van der Waals surface area contributed by atoms with Gasteiger partial charge < -0.3 is 9.40 Å². The molecule has 3 aromatic rings. The molecule has 94 valence electrons. The fourth-order valence-electron chi connectivity index (χ4n) is 1.94. The lowest BCUT2D eigenvalue weighted by Crippen LogP contribution is -2.08. The molecular weight excluding hydrogens is 240 g/mol. The van der Waals surface area contributed by atoms with Crippen LogP contribution in [0.5, 0.6) is 0 Å². The zero-order chi connectivity index (χ0) is 13.2. The molecule has 1 N–H and O–H groups in total. The van der Waals surface area contributed by atoms with Crippen LogP contribution in [0.4, 0.5) is 0 Å². The van der Waals surface area contributed by atoms with Gasteiger partial charge in [-0.25, -0.2) is 4.98 Å². The summed E-state index contributed by atoms with van der Waals surface area (Å²) in [7, 11) is 0. The number of rotatable bonds is 2. The minimum Gasteiger partial charge on any atom is -0.461 e. The van der Waals surface area contributed by atoms with Gasteiger partial charge in [-0.15, -0.1) is 0 Å². The van der Waals surface area contributed by atoms with E-state index in [4.69, 9.17) is 4.42 Å². The van der Waals surface area contributed by atoms with Crippen molar-refractivity contribution in [1.82, 2.24) is 9.97 Å². The van der Waals surface area contributed by atoms with Crippen molar-refractivity contribution in [3.05, 3.63) is 64.6 Å². The number of furan rings is 1. The lowest BCUT2D eigenvalue weighted by Gasteiger charge is -2.03. The Morgan fingerprint density at radius 1 is 1.16 bits per heavy atom. The summed E-state index contributed by atoms with van der Waals surface area (Å²) in [5.41, 5.74) is 2.28. The van der Waals surface area contributed by atoms with Gasteiger partial charge in [-0.05, 0) is 18.6 Å². The van der Waals surface area contributed by atoms with Crippen molar-refractivity contribution < 1.29 is 4.42 Å². The van der Waals surface area contributed by atoms with Crippen LogP contribution in [-0.2, 0) is 0 Å². The summed E-state index contributed by atoms with van der Waals surface area (Å²) in [6.07, 6.45) is 1.58. The number of nitrogens with one attached hydrogen (secondary N) is 1. The van der Waals surface area contributed by atoms with Crippen LogP contribution in [-0.4, -0.2) is 9.97 Å². The van der Waals surface area contributed by atoms with Gasteiger partial charge in [0.15, 0.2) is 11.6 Å². The zero-order valence-electron chi connectivity index (χ0n) is 10.4. The number of hydrogen-bond donors (Lipinski definition) is 1. The predicted octanol–water partition coefficient (Wildman–Crippen LogP) is 3.01. The summed E-state index contributed by atoms with van der Waals surface area (Å²) < 4.78 is 5.36. The van der Waals surface area contributed by atoms with E-state index in [0.29, 0.717) is 17.3 Å². The Kier molecular flexibility index (Phi) is 2.76. The highest BCUT2D eigenvalue weighted by Gasteiger charge is 2.10. The van der Waals surface area contributed by atoms with Crippen molar-refractivity contribution in [2.45, 2.75) is 6.92 Å². The molecule has 0 radical (unpaired) electrons. The van der Waals surface area contributed by atoms with Gasteiger partial charge in [0.2, 0.25) is 0 Å². The molecule has 0 bridgehead atoms. The highest BCUT2D eigenvalue weighted by molar-refractivity contribution is 5.62. The molecule has 0 aliphatic rings. The third-order valence-corrected chi connectivity index (χ3v) is 2.89. The molecule has 0 amide bonds. The summed E-state index contributed by atoms with van der Waals surface area (Å²) >= 11 is 0. The summed E-state index contributed by atoms with van der Waals surface area (Å²) in [5.74, 6) is 1.05. The predicted molar refractivity (Wildman–Crippen MR) is 72.7 cm³/mol. The molecule has 0 fully saturated rings. The van der Waals surface area contributed by atoms with Crippen molar-refractivity contribution in [3.63, 3.8) is 0 Å². The van der Waals surface area contributed by atoms with E-state index in [2.05, 4.69) is 9.97 Å². The summed E-state index contributed by atoms with van der Waals surface area (Å²) in [6.45, 7) is 1.91. The number of benzene rings is 1. The molecule has 0 saturated heterocycles. The molecule has 0 spiro atoms. The third-order valence-electron chi connectivity index (χ3n) is 2.89. The number of aromatic nitrogens is 2. The first-order chi connectivity index (χ1) is 9.24. The Morgan fingerprint density at radius 3 is 2.63 bits per heavy atom. The molecule has 0 unspecified atom stereocenters. The van der Waals surface area contributed by atoms with Crippen molar-refractivity contribution in [1.29, 1.82) is 0 Å². The standard InChI is InChI=1S/C15H12N2O2/c1-10-7-8-19-14(10)15-16-12(9-13(18)17-15)11-5-3-2-4-6-11/h2-9H,1H3,(H,16,17,18). The lowest BCUT2D eigenvalue weighted by molar-refractivity contribution is 0.575. The zero-order valence-corrected chi connectivity index (χ0v) is 10.4. The van der Waals surface area contributed by atoms with Crippen molar-refractivity contribution >= 4 is 0 Å². The Hall–Kier alpha value is -2.62. The van der Waals surface area contributed by atoms with Gasteiger partial charge in [-0.1, -0.05) is 30.3 Å². The second-order valence-corrected chi connectivity index (χ2v) is 4.28. The minimum atomic E-state index is -0.195. The van der Waals surface area contributed by atoms with Crippen LogP contribution >= 0.6 is 0 Å². The molecule has 0 atom stereocenters. The Morgan fingerprint density at radius 2 is 1.95 bits per heavy atom. The first-order valence-electron chi connectivity index (χ1n) is 5.95. The van der Waals surface area contributed by atoms with E-state index < -0.39 is 0 Å². The maximum absolute atomic E-state index is 11.8. The fourth-order valence-corrected chi connectivity index (χ4v) is 1.94. The van der Waals surface area contributed by atoms with Crippen LogP contribution in [0.1, 0.15) is 5.56 Å². The normalized spacial score (nSPS) is 10.6. The summed E-state index contributed by atoms with van der Waals surface area (Å²) in [4.78, 5) is 18.9. The van der Waals surface area contributed by atoms with Crippen LogP contribution in [0, 0.1) is 6.92 Å². The number of H-pyrrole nitrogens is 1. The second-order valence-electron chi connectivity index (χ2n) is 4.28. The smallest absolute Gasteiger partial charge is 0.251 e. The van der Waals surface area contributed by atoms with Crippen LogP contribution in [0.15, 0.2) is 57.9 Å². The Bertz CT molecular complexity index is 757. The van der Waals surface area contributed by atoms with Crippen molar-refractivity contribution in [2.75, 3.05) is 0 Å². The number of aromatic amines is 1. The van der Waals surface area contributed by atoms with E-state index in [1.807, 2.05) is 43.3 Å². The van der Waals surface area contributed by atoms with Crippen LogP contribution in [0.2, 0.25) is 0 Å². The molecule has 4 heteroatoms. The fraction of sp³-hybridized carbons (Fsp3) is 0.0667. The Balaban J connectivity index is 2.17. The van der Waals surface area contributed by atoms with Gasteiger partial charge in [0, 0.05) is 11.6 Å². The van der Waals surface area contributed by atoms with Crippen LogP contribution in [0.3, 0.4) is 0 Å². The van der Waals surface area contributed by atoms with E-state index in [9.17, 15) is 4.79 Å². The minimum absolute atomic E-state index is 0.195. The van der Waals surface area contributed by atoms with Gasteiger partial charge in [0.05, 0.1) is 12.0 Å². The molecule has 0 saturated carbocycles. The van der Waals surface area contributed by atoms with Gasteiger partial charge in [-0.3, -0.25) is 4.79 Å². The summed E-state index contributed by atoms with van der Waals surface area (Å²) in [5, 5.41) is 0. The molecule has 3 rings (SSSR count). The average molecular weight is 252 g/mol. The SMILES string of the molecule is Cc1ccoc1-c1nc(-c2ccccc2)cc(=O)[nH]1. The third kappa shape index (κ3) is 2.20. The monoisotopic (exact) mass is 252 g/mol. The van der Waals surface area contributed by atoms with Crippen LogP contribution < -0.4 is 5.56 Å². The number of nitrogens with zero attached hydrogens (tertiary/aromatic N) is 1. The Labute approximate surface area is 109 Å². The number of aryl methyl sites for hydroxylation is 1. The highest BCUT2D eigenvalue weighted by atomic mass is 16.3. The maximum Gasteiger partial charge on any atom is 0.251 e. The van der Waals surface area contributed by atoms with Gasteiger partial charge in [-0.2, -0.15) is 0 Å².